The summed E-state index contributed by atoms with van der Waals surface area (Å²) >= 11 is 0. The van der Waals surface area contributed by atoms with Crippen molar-refractivity contribution in [2.75, 3.05) is 38.6 Å². The second-order valence-electron chi connectivity index (χ2n) is 6.80. The highest BCUT2D eigenvalue weighted by Crippen LogP contribution is 2.21. The molecule has 0 aliphatic carbocycles. The number of benzene rings is 1. The summed E-state index contributed by atoms with van der Waals surface area (Å²) in [6.45, 7) is 1.39. The number of hydrogen-bond acceptors (Lipinski definition) is 4. The van der Waals surface area contributed by atoms with Gasteiger partial charge in [0.1, 0.15) is 11.9 Å². The number of rotatable bonds is 4. The average molecular weight is 370 g/mol. The molecule has 2 aromatic rings. The second-order valence-corrected chi connectivity index (χ2v) is 6.80. The van der Waals surface area contributed by atoms with Crippen molar-refractivity contribution in [1.82, 2.24) is 14.8 Å². The number of pyridine rings is 1. The van der Waals surface area contributed by atoms with Crippen molar-refractivity contribution in [2.24, 2.45) is 0 Å². The van der Waals surface area contributed by atoms with Gasteiger partial charge in [0.15, 0.2) is 0 Å². The minimum Gasteiger partial charge on any atom is -0.367 e. The van der Waals surface area contributed by atoms with Crippen molar-refractivity contribution in [3.8, 4) is 0 Å². The molecule has 0 radical (unpaired) electrons. The van der Waals surface area contributed by atoms with E-state index >= 15 is 0 Å². The van der Waals surface area contributed by atoms with Crippen LogP contribution in [0.15, 0.2) is 48.8 Å². The van der Waals surface area contributed by atoms with Gasteiger partial charge < -0.3 is 14.7 Å². The molecule has 1 aliphatic heterocycles. The van der Waals surface area contributed by atoms with Gasteiger partial charge in [-0.1, -0.05) is 6.07 Å². The minimum atomic E-state index is -0.581. The first-order chi connectivity index (χ1) is 13.0. The van der Waals surface area contributed by atoms with Crippen LogP contribution in [0, 0.1) is 5.82 Å². The molecule has 7 heteroatoms. The lowest BCUT2D eigenvalue weighted by molar-refractivity contribution is -0.144. The van der Waals surface area contributed by atoms with Gasteiger partial charge in [0.25, 0.3) is 0 Å². The average Bonchev–Trinajstić information content (AvgIpc) is 2.68. The van der Waals surface area contributed by atoms with Crippen molar-refractivity contribution in [3.05, 3.63) is 60.2 Å². The summed E-state index contributed by atoms with van der Waals surface area (Å²) in [5.41, 5.74) is 1.66. The Morgan fingerprint density at radius 1 is 1.19 bits per heavy atom. The first kappa shape index (κ1) is 18.8. The topological polar surface area (TPSA) is 56.8 Å². The highest BCUT2D eigenvalue weighted by atomic mass is 19.1. The minimum absolute atomic E-state index is 0.0954. The molecular weight excluding hydrogens is 347 g/mol. The van der Waals surface area contributed by atoms with Gasteiger partial charge in [-0.3, -0.25) is 14.6 Å². The molecule has 1 aromatic heterocycles. The van der Waals surface area contributed by atoms with Gasteiger partial charge in [0, 0.05) is 51.8 Å². The molecule has 0 bridgehead atoms. The fourth-order valence-corrected chi connectivity index (χ4v) is 3.26. The highest BCUT2D eigenvalue weighted by Gasteiger charge is 2.36. The van der Waals surface area contributed by atoms with Gasteiger partial charge in [0.05, 0.1) is 6.42 Å². The zero-order valence-electron chi connectivity index (χ0n) is 15.5. The van der Waals surface area contributed by atoms with E-state index in [2.05, 4.69) is 4.98 Å². The summed E-state index contributed by atoms with van der Waals surface area (Å²) < 4.78 is 13.2. The van der Waals surface area contributed by atoms with Gasteiger partial charge >= 0.3 is 0 Å². The van der Waals surface area contributed by atoms with Crippen molar-refractivity contribution >= 4 is 17.5 Å². The third-order valence-corrected chi connectivity index (χ3v) is 4.70. The SMILES string of the molecule is CN(C)C(=O)C1CN(c2ccc(F)cc2)CCN1C(=O)Cc1cccnc1. The summed E-state index contributed by atoms with van der Waals surface area (Å²) in [7, 11) is 3.37. The number of piperazine rings is 1. The number of nitrogens with zero attached hydrogens (tertiary/aromatic N) is 4. The van der Waals surface area contributed by atoms with Crippen LogP contribution in [-0.4, -0.2) is 66.4 Å². The van der Waals surface area contributed by atoms with Gasteiger partial charge in [-0.2, -0.15) is 0 Å². The summed E-state index contributed by atoms with van der Waals surface area (Å²) in [6.07, 6.45) is 3.53. The normalized spacial score (nSPS) is 16.9. The van der Waals surface area contributed by atoms with Crippen LogP contribution in [0.5, 0.6) is 0 Å². The fraction of sp³-hybridized carbons (Fsp3) is 0.350. The molecule has 1 aliphatic rings. The highest BCUT2D eigenvalue weighted by molar-refractivity contribution is 5.89. The van der Waals surface area contributed by atoms with Gasteiger partial charge in [-0.15, -0.1) is 0 Å². The summed E-state index contributed by atoms with van der Waals surface area (Å²) in [6, 6.07) is 9.25. The van der Waals surface area contributed by atoms with E-state index in [4.69, 9.17) is 0 Å². The lowest BCUT2D eigenvalue weighted by Crippen LogP contribution is -2.60. The third kappa shape index (κ3) is 4.42. The lowest BCUT2D eigenvalue weighted by Gasteiger charge is -2.42. The predicted molar refractivity (Wildman–Crippen MR) is 101 cm³/mol. The van der Waals surface area contributed by atoms with Crippen LogP contribution in [0.2, 0.25) is 0 Å². The van der Waals surface area contributed by atoms with Crippen LogP contribution < -0.4 is 4.90 Å². The Hall–Kier alpha value is -2.96. The molecule has 1 unspecified atom stereocenters. The largest absolute Gasteiger partial charge is 0.367 e. The maximum atomic E-state index is 13.2. The van der Waals surface area contributed by atoms with E-state index in [0.717, 1.165) is 11.3 Å². The molecule has 142 valence electrons. The van der Waals surface area contributed by atoms with Crippen LogP contribution in [0.1, 0.15) is 5.56 Å². The predicted octanol–water partition coefficient (Wildman–Crippen LogP) is 1.57. The van der Waals surface area contributed by atoms with Crippen LogP contribution in [0.25, 0.3) is 0 Å². The second kappa shape index (κ2) is 8.16. The molecular formula is C20H23FN4O2. The van der Waals surface area contributed by atoms with Crippen LogP contribution >= 0.6 is 0 Å². The smallest absolute Gasteiger partial charge is 0.246 e. The van der Waals surface area contributed by atoms with Crippen LogP contribution in [0.3, 0.4) is 0 Å². The Morgan fingerprint density at radius 2 is 1.93 bits per heavy atom. The van der Waals surface area contributed by atoms with Gasteiger partial charge in [-0.05, 0) is 35.9 Å². The Balaban J connectivity index is 1.78. The first-order valence-corrected chi connectivity index (χ1v) is 8.86. The molecule has 0 N–H and O–H groups in total. The Bertz CT molecular complexity index is 795. The molecule has 1 atom stereocenters. The summed E-state index contributed by atoms with van der Waals surface area (Å²) in [5.74, 6) is -0.520. The number of hydrogen-bond donors (Lipinski definition) is 0. The van der Waals surface area contributed by atoms with E-state index in [1.54, 1.807) is 49.6 Å². The summed E-state index contributed by atoms with van der Waals surface area (Å²) in [5, 5.41) is 0. The van der Waals surface area contributed by atoms with E-state index in [0.29, 0.717) is 19.6 Å². The summed E-state index contributed by atoms with van der Waals surface area (Å²) in [4.78, 5) is 34.8. The molecule has 2 heterocycles. The van der Waals surface area contributed by atoms with Crippen LogP contribution in [0.4, 0.5) is 10.1 Å². The zero-order chi connectivity index (χ0) is 19.4. The Kier molecular flexibility index (Phi) is 5.69. The maximum Gasteiger partial charge on any atom is 0.246 e. The van der Waals surface area contributed by atoms with Crippen LogP contribution in [-0.2, 0) is 16.0 Å². The molecule has 0 spiro atoms. The van der Waals surface area contributed by atoms with E-state index in [-0.39, 0.29) is 24.1 Å². The first-order valence-electron chi connectivity index (χ1n) is 8.86. The van der Waals surface area contributed by atoms with E-state index < -0.39 is 6.04 Å². The molecule has 0 saturated carbocycles. The number of anilines is 1. The lowest BCUT2D eigenvalue weighted by atomic mass is 10.1. The van der Waals surface area contributed by atoms with Crippen molar-refractivity contribution < 1.29 is 14.0 Å². The number of carbonyl (C=O) groups is 2. The number of aromatic nitrogens is 1. The standard InChI is InChI=1S/C20H23FN4O2/c1-23(2)20(27)18-14-24(17-7-5-16(21)6-8-17)10-11-25(18)19(26)12-15-4-3-9-22-13-15/h3-9,13,18H,10-12,14H2,1-2H3. The van der Waals surface area contributed by atoms with Crippen molar-refractivity contribution in [1.29, 1.82) is 0 Å². The molecule has 1 fully saturated rings. The third-order valence-electron chi connectivity index (χ3n) is 4.70. The molecule has 1 saturated heterocycles. The molecule has 3 rings (SSSR count). The van der Waals surface area contributed by atoms with E-state index in [1.165, 1.54) is 17.0 Å². The number of carbonyl (C=O) groups excluding carboxylic acids is 2. The number of halogens is 1. The molecule has 2 amide bonds. The van der Waals surface area contributed by atoms with E-state index in [1.807, 2.05) is 11.0 Å². The van der Waals surface area contributed by atoms with Crippen molar-refractivity contribution in [3.63, 3.8) is 0 Å². The zero-order valence-corrected chi connectivity index (χ0v) is 15.5. The maximum absolute atomic E-state index is 13.2. The molecule has 6 nitrogen and oxygen atoms in total. The number of amides is 2. The Morgan fingerprint density at radius 3 is 2.56 bits per heavy atom. The molecule has 27 heavy (non-hydrogen) atoms. The van der Waals surface area contributed by atoms with Gasteiger partial charge in [0.2, 0.25) is 11.8 Å². The Labute approximate surface area is 158 Å². The monoisotopic (exact) mass is 370 g/mol. The fourth-order valence-electron chi connectivity index (χ4n) is 3.26. The van der Waals surface area contributed by atoms with Crippen molar-refractivity contribution in [2.45, 2.75) is 12.5 Å². The molecule has 1 aromatic carbocycles. The van der Waals surface area contributed by atoms with Gasteiger partial charge in [-0.25, -0.2) is 4.39 Å². The number of likely N-dealkylation sites (N-methyl/N-ethyl adjacent to an activating group) is 1. The quantitative estimate of drug-likeness (QED) is 0.820. The van der Waals surface area contributed by atoms with E-state index in [9.17, 15) is 14.0 Å².